The molecule has 6 heteroatoms. The number of methoxy groups -OCH3 is 2. The van der Waals surface area contributed by atoms with Gasteiger partial charge in [0.15, 0.2) is 0 Å². The molecule has 1 atom stereocenters. The van der Waals surface area contributed by atoms with Crippen molar-refractivity contribution in [3.05, 3.63) is 35.9 Å². The van der Waals surface area contributed by atoms with Crippen molar-refractivity contribution in [2.24, 2.45) is 0 Å². The van der Waals surface area contributed by atoms with Gasteiger partial charge in [0.05, 0.1) is 14.2 Å². The molecule has 0 saturated carbocycles. The lowest BCUT2D eigenvalue weighted by Crippen LogP contribution is -2.45. The van der Waals surface area contributed by atoms with E-state index in [0.717, 1.165) is 12.7 Å². The molecule has 0 bridgehead atoms. The summed E-state index contributed by atoms with van der Waals surface area (Å²) in [5.74, 6) is -1.82. The van der Waals surface area contributed by atoms with E-state index in [2.05, 4.69) is 14.8 Å². The molecule has 1 rings (SSSR count). The fourth-order valence-electron chi connectivity index (χ4n) is 1.50. The third-order valence-electron chi connectivity index (χ3n) is 2.46. The first kappa shape index (κ1) is 14.7. The Morgan fingerprint density at radius 3 is 2.26 bits per heavy atom. The number of esters is 1. The molecule has 0 fully saturated rings. The number of ketones is 1. The van der Waals surface area contributed by atoms with Crippen LogP contribution >= 0.6 is 0 Å². The quantitative estimate of drug-likeness (QED) is 0.626. The standard InChI is InChI=1S/C13H15NO5/c1-18-12(16)11(15)10(14-13(17)19-2)8-9-6-4-3-5-7-9/h3-7,10H,8H2,1-2H3,(H,14,17)/t10-/m1/s1. The van der Waals surface area contributed by atoms with E-state index in [9.17, 15) is 14.4 Å². The van der Waals surface area contributed by atoms with Crippen molar-refractivity contribution in [2.45, 2.75) is 12.5 Å². The molecule has 1 aromatic carbocycles. The number of alkyl carbamates (subject to hydrolysis) is 1. The van der Waals surface area contributed by atoms with E-state index in [1.807, 2.05) is 6.07 Å². The minimum absolute atomic E-state index is 0.184. The topological polar surface area (TPSA) is 81.7 Å². The fourth-order valence-corrected chi connectivity index (χ4v) is 1.50. The Balaban J connectivity index is 2.83. The third-order valence-corrected chi connectivity index (χ3v) is 2.46. The number of hydrogen-bond donors (Lipinski definition) is 1. The molecule has 0 saturated heterocycles. The zero-order chi connectivity index (χ0) is 14.3. The molecule has 0 unspecified atom stereocenters. The van der Waals surface area contributed by atoms with Crippen molar-refractivity contribution >= 4 is 17.8 Å². The van der Waals surface area contributed by atoms with Gasteiger partial charge in [-0.05, 0) is 5.56 Å². The summed E-state index contributed by atoms with van der Waals surface area (Å²) in [6.45, 7) is 0. The van der Waals surface area contributed by atoms with Gasteiger partial charge in [-0.25, -0.2) is 9.59 Å². The molecule has 0 heterocycles. The minimum atomic E-state index is -1.01. The van der Waals surface area contributed by atoms with Crippen LogP contribution in [0.5, 0.6) is 0 Å². The van der Waals surface area contributed by atoms with Crippen molar-refractivity contribution in [1.29, 1.82) is 0 Å². The molecule has 102 valence electrons. The summed E-state index contributed by atoms with van der Waals surface area (Å²) in [5.41, 5.74) is 0.807. The highest BCUT2D eigenvalue weighted by molar-refractivity contribution is 6.36. The summed E-state index contributed by atoms with van der Waals surface area (Å²) in [6.07, 6.45) is -0.595. The van der Waals surface area contributed by atoms with Crippen LogP contribution < -0.4 is 5.32 Å². The Hall–Kier alpha value is -2.37. The average molecular weight is 265 g/mol. The van der Waals surface area contributed by atoms with Gasteiger partial charge in [0.2, 0.25) is 0 Å². The van der Waals surface area contributed by atoms with Gasteiger partial charge in [-0.1, -0.05) is 30.3 Å². The van der Waals surface area contributed by atoms with Crippen LogP contribution in [0.25, 0.3) is 0 Å². The van der Waals surface area contributed by atoms with Gasteiger partial charge in [0, 0.05) is 6.42 Å². The highest BCUT2D eigenvalue weighted by Gasteiger charge is 2.28. The second-order valence-corrected chi connectivity index (χ2v) is 3.73. The van der Waals surface area contributed by atoms with Crippen LogP contribution in [-0.2, 0) is 25.5 Å². The van der Waals surface area contributed by atoms with Crippen molar-refractivity contribution < 1.29 is 23.9 Å². The molecule has 0 spiro atoms. The van der Waals surface area contributed by atoms with Crippen LogP contribution in [0.3, 0.4) is 0 Å². The van der Waals surface area contributed by atoms with E-state index in [4.69, 9.17) is 0 Å². The lowest BCUT2D eigenvalue weighted by Gasteiger charge is -2.15. The number of amides is 1. The zero-order valence-electron chi connectivity index (χ0n) is 10.7. The molecule has 1 aromatic rings. The normalized spacial score (nSPS) is 11.3. The van der Waals surface area contributed by atoms with Crippen LogP contribution in [0.15, 0.2) is 30.3 Å². The molecule has 0 aliphatic rings. The van der Waals surface area contributed by atoms with Crippen LogP contribution in [-0.4, -0.2) is 38.1 Å². The predicted molar refractivity (Wildman–Crippen MR) is 66.5 cm³/mol. The number of hydrogen-bond acceptors (Lipinski definition) is 5. The lowest BCUT2D eigenvalue weighted by atomic mass is 10.0. The van der Waals surface area contributed by atoms with E-state index < -0.39 is 23.9 Å². The highest BCUT2D eigenvalue weighted by Crippen LogP contribution is 2.05. The Kier molecular flexibility index (Phi) is 5.53. The first-order chi connectivity index (χ1) is 9.08. The van der Waals surface area contributed by atoms with Crippen LogP contribution in [0, 0.1) is 0 Å². The maximum absolute atomic E-state index is 11.8. The molecular formula is C13H15NO5. The molecule has 1 N–H and O–H groups in total. The van der Waals surface area contributed by atoms with Gasteiger partial charge in [0.25, 0.3) is 5.78 Å². The Labute approximate surface area is 110 Å². The molecular weight excluding hydrogens is 250 g/mol. The summed E-state index contributed by atoms with van der Waals surface area (Å²) in [7, 11) is 2.29. The maximum atomic E-state index is 11.8. The number of carbonyl (C=O) groups excluding carboxylic acids is 3. The van der Waals surface area contributed by atoms with Gasteiger partial charge < -0.3 is 14.8 Å². The Bertz CT molecular complexity index is 457. The molecule has 1 amide bonds. The van der Waals surface area contributed by atoms with E-state index in [-0.39, 0.29) is 6.42 Å². The summed E-state index contributed by atoms with van der Waals surface area (Å²) >= 11 is 0. The molecule has 19 heavy (non-hydrogen) atoms. The number of ether oxygens (including phenoxy) is 2. The average Bonchev–Trinajstić information content (AvgIpc) is 2.45. The van der Waals surface area contributed by atoms with Gasteiger partial charge >= 0.3 is 12.1 Å². The summed E-state index contributed by atoms with van der Waals surface area (Å²) in [6, 6.07) is 7.99. The minimum Gasteiger partial charge on any atom is -0.463 e. The van der Waals surface area contributed by atoms with Gasteiger partial charge in [-0.2, -0.15) is 0 Å². The predicted octanol–water partition coefficient (Wildman–Crippen LogP) is 0.696. The fraction of sp³-hybridized carbons (Fsp3) is 0.308. The van der Waals surface area contributed by atoms with E-state index >= 15 is 0 Å². The first-order valence-corrected chi connectivity index (χ1v) is 5.59. The maximum Gasteiger partial charge on any atom is 0.407 e. The highest BCUT2D eigenvalue weighted by atomic mass is 16.5. The molecule has 0 aliphatic carbocycles. The zero-order valence-corrected chi connectivity index (χ0v) is 10.7. The van der Waals surface area contributed by atoms with E-state index in [1.165, 1.54) is 7.11 Å². The van der Waals surface area contributed by atoms with Crippen molar-refractivity contribution in [3.63, 3.8) is 0 Å². The molecule has 0 aromatic heterocycles. The van der Waals surface area contributed by atoms with Crippen molar-refractivity contribution in [2.75, 3.05) is 14.2 Å². The van der Waals surface area contributed by atoms with Crippen LogP contribution in [0.4, 0.5) is 4.79 Å². The molecule has 0 aliphatic heterocycles. The Morgan fingerprint density at radius 2 is 1.74 bits per heavy atom. The summed E-state index contributed by atoms with van der Waals surface area (Å²) in [5, 5.41) is 2.32. The number of carbonyl (C=O) groups is 3. The molecule has 6 nitrogen and oxygen atoms in total. The Morgan fingerprint density at radius 1 is 1.11 bits per heavy atom. The largest absolute Gasteiger partial charge is 0.463 e. The van der Waals surface area contributed by atoms with Crippen LogP contribution in [0.2, 0.25) is 0 Å². The summed E-state index contributed by atoms with van der Waals surface area (Å²) < 4.78 is 8.79. The number of Topliss-reactive ketones (excluding diaryl/α,β-unsaturated/α-hetero) is 1. The molecule has 0 radical (unpaired) electrons. The van der Waals surface area contributed by atoms with Gasteiger partial charge in [-0.3, -0.25) is 4.79 Å². The first-order valence-electron chi connectivity index (χ1n) is 5.59. The van der Waals surface area contributed by atoms with Crippen molar-refractivity contribution in [3.8, 4) is 0 Å². The van der Waals surface area contributed by atoms with Crippen molar-refractivity contribution in [1.82, 2.24) is 5.32 Å². The monoisotopic (exact) mass is 265 g/mol. The van der Waals surface area contributed by atoms with Gasteiger partial charge in [0.1, 0.15) is 6.04 Å². The third kappa shape index (κ3) is 4.42. The van der Waals surface area contributed by atoms with E-state index in [0.29, 0.717) is 0 Å². The number of nitrogens with one attached hydrogen (secondary N) is 1. The number of rotatable bonds is 5. The second-order valence-electron chi connectivity index (χ2n) is 3.73. The SMILES string of the molecule is COC(=O)N[C@H](Cc1ccccc1)C(=O)C(=O)OC. The second kappa shape index (κ2) is 7.15. The van der Waals surface area contributed by atoms with E-state index in [1.54, 1.807) is 24.3 Å². The van der Waals surface area contributed by atoms with Gasteiger partial charge in [-0.15, -0.1) is 0 Å². The van der Waals surface area contributed by atoms with Crippen LogP contribution in [0.1, 0.15) is 5.56 Å². The lowest BCUT2D eigenvalue weighted by molar-refractivity contribution is -0.152. The number of benzene rings is 1. The summed E-state index contributed by atoms with van der Waals surface area (Å²) in [4.78, 5) is 34.2. The smallest absolute Gasteiger partial charge is 0.407 e.